The molecule has 2 heterocycles. The normalized spacial score (nSPS) is 19.8. The molecule has 2 aromatic carbocycles. The lowest BCUT2D eigenvalue weighted by molar-refractivity contribution is 0.102. The molecule has 8 heteroatoms. The Kier molecular flexibility index (Phi) is 5.93. The van der Waals surface area contributed by atoms with Gasteiger partial charge in [-0.25, -0.2) is 13.1 Å². The summed E-state index contributed by atoms with van der Waals surface area (Å²) >= 11 is 0. The second-order valence-corrected chi connectivity index (χ2v) is 10.2. The Labute approximate surface area is 182 Å². The fraction of sp³-hybridized carbons (Fsp3) is 0.304. The van der Waals surface area contributed by atoms with Gasteiger partial charge in [0.15, 0.2) is 0 Å². The van der Waals surface area contributed by atoms with E-state index in [0.717, 1.165) is 12.1 Å². The van der Waals surface area contributed by atoms with Gasteiger partial charge >= 0.3 is 0 Å². The van der Waals surface area contributed by atoms with Crippen molar-refractivity contribution in [2.24, 2.45) is 11.8 Å². The number of anilines is 1. The van der Waals surface area contributed by atoms with Crippen LogP contribution in [0.4, 0.5) is 5.69 Å². The maximum absolute atomic E-state index is 13.0. The van der Waals surface area contributed by atoms with Gasteiger partial charge in [0.1, 0.15) is 0 Å². The minimum atomic E-state index is -3.55. The van der Waals surface area contributed by atoms with Crippen molar-refractivity contribution in [2.45, 2.75) is 25.2 Å². The lowest BCUT2D eigenvalue weighted by Gasteiger charge is -2.34. The summed E-state index contributed by atoms with van der Waals surface area (Å²) in [6.07, 6.45) is 4.52. The molecule has 1 amide bonds. The molecule has 2 atom stereocenters. The van der Waals surface area contributed by atoms with Gasteiger partial charge in [-0.2, -0.15) is 9.40 Å². The second-order valence-electron chi connectivity index (χ2n) is 8.25. The molecule has 3 aromatic rings. The molecule has 7 nitrogen and oxygen atoms in total. The summed E-state index contributed by atoms with van der Waals surface area (Å²) in [5.74, 6) is 0.410. The van der Waals surface area contributed by atoms with E-state index in [-0.39, 0.29) is 10.8 Å². The third kappa shape index (κ3) is 4.70. The zero-order valence-corrected chi connectivity index (χ0v) is 18.4. The molecular weight excluding hydrogens is 412 g/mol. The molecule has 2 unspecified atom stereocenters. The van der Waals surface area contributed by atoms with Crippen molar-refractivity contribution in [1.29, 1.82) is 0 Å². The van der Waals surface area contributed by atoms with Gasteiger partial charge < -0.3 is 5.32 Å². The summed E-state index contributed by atoms with van der Waals surface area (Å²) in [4.78, 5) is 12.9. The van der Waals surface area contributed by atoms with E-state index >= 15 is 0 Å². The Morgan fingerprint density at radius 3 is 2.39 bits per heavy atom. The van der Waals surface area contributed by atoms with Crippen LogP contribution in [0.3, 0.4) is 0 Å². The van der Waals surface area contributed by atoms with Crippen LogP contribution in [-0.2, 0) is 10.0 Å². The fourth-order valence-corrected chi connectivity index (χ4v) is 5.76. The average molecular weight is 439 g/mol. The van der Waals surface area contributed by atoms with E-state index in [1.165, 1.54) is 0 Å². The number of carbonyl (C=O) groups is 1. The number of nitrogens with one attached hydrogen (secondary N) is 1. The molecule has 1 aromatic heterocycles. The van der Waals surface area contributed by atoms with Crippen LogP contribution in [0, 0.1) is 11.8 Å². The van der Waals surface area contributed by atoms with Crippen molar-refractivity contribution in [3.63, 3.8) is 0 Å². The number of sulfonamides is 1. The highest BCUT2D eigenvalue weighted by Gasteiger charge is 2.31. The number of amides is 1. The van der Waals surface area contributed by atoms with E-state index in [0.29, 0.717) is 36.2 Å². The first-order chi connectivity index (χ1) is 14.8. The van der Waals surface area contributed by atoms with Gasteiger partial charge in [-0.3, -0.25) is 4.79 Å². The summed E-state index contributed by atoms with van der Waals surface area (Å²) < 4.78 is 29.3. The van der Waals surface area contributed by atoms with Crippen molar-refractivity contribution < 1.29 is 13.2 Å². The molecule has 1 aliphatic rings. The molecule has 162 valence electrons. The van der Waals surface area contributed by atoms with E-state index in [9.17, 15) is 13.2 Å². The highest BCUT2D eigenvalue weighted by Crippen LogP contribution is 2.27. The van der Waals surface area contributed by atoms with E-state index in [1.807, 2.05) is 12.1 Å². The van der Waals surface area contributed by atoms with Crippen molar-refractivity contribution in [3.8, 4) is 5.69 Å². The standard InChI is InChI=1S/C23H26N4O3S/c1-17-13-18(2)16-26(15-17)31(29,30)22-9-7-20(8-10-22)25-23(28)19-5-3-6-21(14-19)27-12-4-11-24-27/h3-12,14,17-18H,13,15-16H2,1-2H3,(H,25,28). The summed E-state index contributed by atoms with van der Waals surface area (Å²) in [5, 5.41) is 7.00. The van der Waals surface area contributed by atoms with E-state index in [1.54, 1.807) is 63.8 Å². The van der Waals surface area contributed by atoms with E-state index in [2.05, 4.69) is 24.3 Å². The summed E-state index contributed by atoms with van der Waals surface area (Å²) in [6.45, 7) is 5.24. The van der Waals surface area contributed by atoms with E-state index < -0.39 is 10.0 Å². The largest absolute Gasteiger partial charge is 0.322 e. The van der Waals surface area contributed by atoms with E-state index in [4.69, 9.17) is 0 Å². The number of benzene rings is 2. The maximum atomic E-state index is 13.0. The second kappa shape index (κ2) is 8.64. The quantitative estimate of drug-likeness (QED) is 0.657. The molecule has 4 rings (SSSR count). The zero-order valence-electron chi connectivity index (χ0n) is 17.6. The smallest absolute Gasteiger partial charge is 0.255 e. The van der Waals surface area contributed by atoms with Gasteiger partial charge in [0, 0.05) is 36.7 Å². The first-order valence-corrected chi connectivity index (χ1v) is 11.8. The molecule has 31 heavy (non-hydrogen) atoms. The first-order valence-electron chi connectivity index (χ1n) is 10.3. The van der Waals surface area contributed by atoms with Crippen molar-refractivity contribution >= 4 is 21.6 Å². The Morgan fingerprint density at radius 1 is 1.03 bits per heavy atom. The fourth-order valence-electron chi connectivity index (χ4n) is 4.08. The molecule has 1 aliphatic heterocycles. The summed E-state index contributed by atoms with van der Waals surface area (Å²) in [5.41, 5.74) is 1.80. The number of rotatable bonds is 5. The van der Waals surface area contributed by atoms with Crippen LogP contribution < -0.4 is 5.32 Å². The van der Waals surface area contributed by atoms with Crippen molar-refractivity contribution in [1.82, 2.24) is 14.1 Å². The first kappa shape index (κ1) is 21.3. The molecule has 1 saturated heterocycles. The average Bonchev–Trinajstić information content (AvgIpc) is 3.28. The highest BCUT2D eigenvalue weighted by atomic mass is 32.2. The van der Waals surface area contributed by atoms with Crippen LogP contribution in [-0.4, -0.2) is 41.5 Å². The third-order valence-electron chi connectivity index (χ3n) is 5.46. The van der Waals surface area contributed by atoms with Crippen LogP contribution in [0.5, 0.6) is 0 Å². The molecule has 1 N–H and O–H groups in total. The Balaban J connectivity index is 1.47. The van der Waals surface area contributed by atoms with Gasteiger partial charge in [-0.05, 0) is 66.8 Å². The van der Waals surface area contributed by atoms with Crippen LogP contribution in [0.25, 0.3) is 5.69 Å². The molecular formula is C23H26N4O3S. The van der Waals surface area contributed by atoms with Crippen LogP contribution >= 0.6 is 0 Å². The SMILES string of the molecule is CC1CC(C)CN(S(=O)(=O)c2ccc(NC(=O)c3cccc(-n4cccn4)c3)cc2)C1. The molecule has 0 spiro atoms. The number of hydrogen-bond acceptors (Lipinski definition) is 4. The van der Waals surface area contributed by atoms with Gasteiger partial charge in [0.25, 0.3) is 5.91 Å². The monoisotopic (exact) mass is 438 g/mol. The van der Waals surface area contributed by atoms with Crippen LogP contribution in [0.15, 0.2) is 71.9 Å². The van der Waals surface area contributed by atoms with Gasteiger partial charge in [0.05, 0.1) is 10.6 Å². The van der Waals surface area contributed by atoms with Crippen molar-refractivity contribution in [2.75, 3.05) is 18.4 Å². The molecule has 1 fully saturated rings. The minimum absolute atomic E-state index is 0.243. The lowest BCUT2D eigenvalue weighted by Crippen LogP contribution is -2.42. The molecule has 0 bridgehead atoms. The molecule has 0 radical (unpaired) electrons. The lowest BCUT2D eigenvalue weighted by atomic mass is 9.94. The highest BCUT2D eigenvalue weighted by molar-refractivity contribution is 7.89. The summed E-state index contributed by atoms with van der Waals surface area (Å²) in [6, 6.07) is 15.3. The Hall–Kier alpha value is -2.97. The van der Waals surface area contributed by atoms with Crippen molar-refractivity contribution in [3.05, 3.63) is 72.6 Å². The number of nitrogens with zero attached hydrogens (tertiary/aromatic N) is 3. The van der Waals surface area contributed by atoms with Gasteiger partial charge in [0.2, 0.25) is 10.0 Å². The predicted octanol–water partition coefficient (Wildman–Crippen LogP) is 3.79. The Bertz CT molecular complexity index is 1150. The maximum Gasteiger partial charge on any atom is 0.255 e. The Morgan fingerprint density at radius 2 is 1.74 bits per heavy atom. The van der Waals surface area contributed by atoms with Crippen LogP contribution in [0.1, 0.15) is 30.6 Å². The number of aromatic nitrogens is 2. The van der Waals surface area contributed by atoms with Gasteiger partial charge in [-0.1, -0.05) is 19.9 Å². The predicted molar refractivity (Wildman–Crippen MR) is 120 cm³/mol. The zero-order chi connectivity index (χ0) is 22.0. The number of hydrogen-bond donors (Lipinski definition) is 1. The third-order valence-corrected chi connectivity index (χ3v) is 7.31. The number of piperidine rings is 1. The van der Waals surface area contributed by atoms with Gasteiger partial charge in [-0.15, -0.1) is 0 Å². The topological polar surface area (TPSA) is 84.3 Å². The molecule has 0 saturated carbocycles. The molecule has 0 aliphatic carbocycles. The minimum Gasteiger partial charge on any atom is -0.322 e. The summed E-state index contributed by atoms with van der Waals surface area (Å²) in [7, 11) is -3.55. The van der Waals surface area contributed by atoms with Crippen LogP contribution in [0.2, 0.25) is 0 Å². The number of carbonyl (C=O) groups excluding carboxylic acids is 1.